The maximum absolute atomic E-state index is 4.46. The standard InChI is InChI=1S/C34H31Br/c35-30-33(28-17-9-3-10-18-28)22-31(26-13-5-1-6-14-26)21-32(24-33,27-15-7-2-8-16-27)25-34(30,23-31)29-19-11-4-12-20-29/h1-20,30H,21-25H2. The van der Waals surface area contributed by atoms with Crippen LogP contribution >= 0.6 is 15.9 Å². The molecule has 0 atom stereocenters. The normalized spacial score (nSPS) is 35.2. The highest BCUT2D eigenvalue weighted by Crippen LogP contribution is 2.76. The first-order chi connectivity index (χ1) is 17.1. The molecule has 0 nitrogen and oxygen atoms in total. The summed E-state index contributed by atoms with van der Waals surface area (Å²) in [6.45, 7) is 0. The molecule has 0 spiro atoms. The third-order valence-corrected chi connectivity index (χ3v) is 11.5. The third kappa shape index (κ3) is 2.97. The largest absolute Gasteiger partial charge is 0.0871 e. The molecule has 4 aromatic carbocycles. The van der Waals surface area contributed by atoms with E-state index in [9.17, 15) is 0 Å². The highest BCUT2D eigenvalue weighted by molar-refractivity contribution is 9.09. The van der Waals surface area contributed by atoms with Gasteiger partial charge in [0.2, 0.25) is 0 Å². The summed E-state index contributed by atoms with van der Waals surface area (Å²) >= 11 is 4.46. The van der Waals surface area contributed by atoms with E-state index in [1.165, 1.54) is 54.4 Å². The second-order valence-electron chi connectivity index (χ2n) is 11.6. The first-order valence-corrected chi connectivity index (χ1v) is 13.9. The first kappa shape index (κ1) is 21.6. The van der Waals surface area contributed by atoms with Crippen LogP contribution in [0.2, 0.25) is 0 Å². The first-order valence-electron chi connectivity index (χ1n) is 13.0. The SMILES string of the molecule is BrC1C2(c3ccccc3)CC3(c4ccccc4)CC(c4ccccc4)(C2)CC1(c1ccccc1)C3. The number of hydrogen-bond donors (Lipinski definition) is 0. The summed E-state index contributed by atoms with van der Waals surface area (Å²) in [7, 11) is 0. The van der Waals surface area contributed by atoms with Crippen molar-refractivity contribution < 1.29 is 0 Å². The Bertz CT molecular complexity index is 1210. The van der Waals surface area contributed by atoms with E-state index in [-0.39, 0.29) is 21.7 Å². The van der Waals surface area contributed by atoms with Crippen molar-refractivity contribution in [3.05, 3.63) is 144 Å². The monoisotopic (exact) mass is 518 g/mol. The summed E-state index contributed by atoms with van der Waals surface area (Å²) in [5.41, 5.74) is 6.48. The Labute approximate surface area is 217 Å². The minimum absolute atomic E-state index is 0.0670. The molecule has 0 aliphatic heterocycles. The van der Waals surface area contributed by atoms with E-state index < -0.39 is 0 Å². The third-order valence-electron chi connectivity index (χ3n) is 9.73. The molecule has 174 valence electrons. The molecule has 8 rings (SSSR count). The van der Waals surface area contributed by atoms with E-state index in [0.717, 1.165) is 0 Å². The van der Waals surface area contributed by atoms with Gasteiger partial charge in [0.25, 0.3) is 0 Å². The fourth-order valence-corrected chi connectivity index (χ4v) is 10.1. The van der Waals surface area contributed by atoms with E-state index in [1.54, 1.807) is 0 Å². The average Bonchev–Trinajstić information content (AvgIpc) is 2.93. The van der Waals surface area contributed by atoms with Crippen LogP contribution in [-0.2, 0) is 21.7 Å². The molecule has 4 aliphatic carbocycles. The fourth-order valence-electron chi connectivity index (χ4n) is 8.89. The van der Waals surface area contributed by atoms with Gasteiger partial charge in [-0.15, -0.1) is 0 Å². The zero-order valence-electron chi connectivity index (χ0n) is 20.0. The summed E-state index contributed by atoms with van der Waals surface area (Å²) in [4.78, 5) is 0.390. The molecule has 0 heterocycles. The van der Waals surface area contributed by atoms with Crippen molar-refractivity contribution in [2.45, 2.75) is 58.6 Å². The Morgan fingerprint density at radius 3 is 1.00 bits per heavy atom. The van der Waals surface area contributed by atoms with E-state index in [0.29, 0.717) is 4.83 Å². The Balaban J connectivity index is 1.56. The van der Waals surface area contributed by atoms with Gasteiger partial charge < -0.3 is 0 Å². The fraction of sp³-hybridized carbons (Fsp3) is 0.294. The molecule has 4 fully saturated rings. The number of rotatable bonds is 4. The summed E-state index contributed by atoms with van der Waals surface area (Å²) in [5, 5.41) is 0. The van der Waals surface area contributed by atoms with Crippen molar-refractivity contribution in [1.29, 1.82) is 0 Å². The van der Waals surface area contributed by atoms with Crippen molar-refractivity contribution in [2.75, 3.05) is 0 Å². The van der Waals surface area contributed by atoms with Gasteiger partial charge >= 0.3 is 0 Å². The molecule has 0 aromatic heterocycles. The van der Waals surface area contributed by atoms with Crippen molar-refractivity contribution in [3.63, 3.8) is 0 Å². The molecule has 4 bridgehead atoms. The van der Waals surface area contributed by atoms with Crippen LogP contribution in [0.5, 0.6) is 0 Å². The van der Waals surface area contributed by atoms with Crippen molar-refractivity contribution in [3.8, 4) is 0 Å². The highest BCUT2D eigenvalue weighted by atomic mass is 79.9. The molecular formula is C34H31Br. The molecule has 35 heavy (non-hydrogen) atoms. The average molecular weight is 520 g/mol. The lowest BCUT2D eigenvalue weighted by Gasteiger charge is -2.73. The minimum atomic E-state index is 0.0670. The zero-order valence-corrected chi connectivity index (χ0v) is 21.6. The van der Waals surface area contributed by atoms with E-state index in [4.69, 9.17) is 0 Å². The Hall–Kier alpha value is -2.64. The van der Waals surface area contributed by atoms with Gasteiger partial charge in [-0.05, 0) is 65.2 Å². The van der Waals surface area contributed by atoms with Crippen LogP contribution in [0, 0.1) is 0 Å². The lowest BCUT2D eigenvalue weighted by molar-refractivity contribution is -0.0609. The van der Waals surface area contributed by atoms with Crippen molar-refractivity contribution >= 4 is 15.9 Å². The van der Waals surface area contributed by atoms with Crippen LogP contribution in [0.1, 0.15) is 54.4 Å². The number of halogens is 1. The van der Waals surface area contributed by atoms with Gasteiger partial charge in [0, 0.05) is 15.7 Å². The maximum Gasteiger partial charge on any atom is 0.0340 e. The molecule has 0 saturated heterocycles. The van der Waals surface area contributed by atoms with Gasteiger partial charge in [-0.2, -0.15) is 0 Å². The van der Waals surface area contributed by atoms with Crippen molar-refractivity contribution in [2.24, 2.45) is 0 Å². The molecular weight excluding hydrogens is 488 g/mol. The quantitative estimate of drug-likeness (QED) is 0.237. The molecule has 4 aliphatic rings. The maximum atomic E-state index is 4.46. The molecule has 0 N–H and O–H groups in total. The van der Waals surface area contributed by atoms with Gasteiger partial charge in [-0.3, -0.25) is 0 Å². The summed E-state index contributed by atoms with van der Waals surface area (Å²) in [5.74, 6) is 0. The van der Waals surface area contributed by atoms with Crippen LogP contribution in [0.3, 0.4) is 0 Å². The second kappa shape index (κ2) is 7.68. The Morgan fingerprint density at radius 2 is 0.686 bits per heavy atom. The molecule has 1 heteroatoms. The van der Waals surface area contributed by atoms with Crippen LogP contribution in [0.15, 0.2) is 121 Å². The van der Waals surface area contributed by atoms with Gasteiger partial charge in [0.15, 0.2) is 0 Å². The second-order valence-corrected chi connectivity index (χ2v) is 12.5. The van der Waals surface area contributed by atoms with E-state index >= 15 is 0 Å². The van der Waals surface area contributed by atoms with Crippen molar-refractivity contribution in [1.82, 2.24) is 0 Å². The summed E-state index contributed by atoms with van der Waals surface area (Å²) in [6, 6.07) is 45.9. The highest BCUT2D eigenvalue weighted by Gasteiger charge is 2.73. The Kier molecular flexibility index (Phi) is 4.74. The lowest BCUT2D eigenvalue weighted by atomic mass is 9.32. The molecule has 0 radical (unpaired) electrons. The summed E-state index contributed by atoms with van der Waals surface area (Å²) in [6.07, 6.45) is 6.04. The van der Waals surface area contributed by atoms with Gasteiger partial charge in [-0.1, -0.05) is 137 Å². The number of hydrogen-bond acceptors (Lipinski definition) is 0. The van der Waals surface area contributed by atoms with Crippen LogP contribution in [0.4, 0.5) is 0 Å². The number of benzene rings is 4. The zero-order chi connectivity index (χ0) is 23.6. The van der Waals surface area contributed by atoms with Crippen LogP contribution in [-0.4, -0.2) is 4.83 Å². The van der Waals surface area contributed by atoms with Gasteiger partial charge in [-0.25, -0.2) is 0 Å². The molecule has 4 saturated carbocycles. The number of alkyl halides is 1. The topological polar surface area (TPSA) is 0 Å². The Morgan fingerprint density at radius 1 is 0.400 bits per heavy atom. The molecule has 4 aromatic rings. The van der Waals surface area contributed by atoms with Crippen LogP contribution < -0.4 is 0 Å². The predicted molar refractivity (Wildman–Crippen MR) is 148 cm³/mol. The van der Waals surface area contributed by atoms with E-state index in [1.807, 2.05) is 0 Å². The van der Waals surface area contributed by atoms with Crippen LogP contribution in [0.25, 0.3) is 0 Å². The van der Waals surface area contributed by atoms with Gasteiger partial charge in [0.05, 0.1) is 0 Å². The molecule has 0 unspecified atom stereocenters. The van der Waals surface area contributed by atoms with Gasteiger partial charge in [0.1, 0.15) is 0 Å². The lowest BCUT2D eigenvalue weighted by Crippen LogP contribution is -2.72. The minimum Gasteiger partial charge on any atom is -0.0871 e. The predicted octanol–water partition coefficient (Wildman–Crippen LogP) is 8.49. The smallest absolute Gasteiger partial charge is 0.0340 e. The van der Waals surface area contributed by atoms with E-state index in [2.05, 4.69) is 137 Å². The molecule has 0 amide bonds. The summed E-state index contributed by atoms with van der Waals surface area (Å²) < 4.78 is 0.